The average molecular weight is 413 g/mol. The summed E-state index contributed by atoms with van der Waals surface area (Å²) in [4.78, 5) is 22.6. The largest absolute Gasteiger partial charge is 0.481 e. The molecule has 1 saturated carbocycles. The fourth-order valence-electron chi connectivity index (χ4n) is 3.28. The molecule has 0 radical (unpaired) electrons. The van der Waals surface area contributed by atoms with Crippen LogP contribution >= 0.6 is 0 Å². The van der Waals surface area contributed by atoms with E-state index in [-0.39, 0.29) is 0 Å². The molecule has 0 saturated heterocycles. The van der Waals surface area contributed by atoms with Crippen molar-refractivity contribution in [3.05, 3.63) is 55.1 Å². The zero-order chi connectivity index (χ0) is 22.1. The number of hydrogen-bond acceptors (Lipinski definition) is 5. The third-order valence-corrected chi connectivity index (χ3v) is 4.38. The first-order chi connectivity index (χ1) is 14.3. The lowest BCUT2D eigenvalue weighted by molar-refractivity contribution is -0.135. The van der Waals surface area contributed by atoms with Gasteiger partial charge in [-0.3, -0.25) is 9.59 Å². The maximum atomic E-state index is 9.00. The van der Waals surface area contributed by atoms with Gasteiger partial charge in [0.15, 0.2) is 0 Å². The van der Waals surface area contributed by atoms with Crippen LogP contribution in [0.1, 0.15) is 39.2 Å². The van der Waals surface area contributed by atoms with Gasteiger partial charge < -0.3 is 20.5 Å². The first-order valence-corrected chi connectivity index (χ1v) is 9.55. The molecule has 1 aliphatic rings. The Balaban J connectivity index is 0.000000347. The second-order valence-electron chi connectivity index (χ2n) is 6.92. The summed E-state index contributed by atoms with van der Waals surface area (Å²) in [5.74, 6) is -0.659. The molecule has 1 aromatic carbocycles. The van der Waals surface area contributed by atoms with Crippen LogP contribution in [0.15, 0.2) is 55.1 Å². The first-order valence-electron chi connectivity index (χ1n) is 9.55. The highest BCUT2D eigenvalue weighted by Gasteiger charge is 2.25. The van der Waals surface area contributed by atoms with E-state index in [1.165, 1.54) is 0 Å². The van der Waals surface area contributed by atoms with Crippen molar-refractivity contribution in [3.63, 3.8) is 0 Å². The normalized spacial score (nSPS) is 17.3. The Kier molecular flexibility index (Phi) is 8.30. The van der Waals surface area contributed by atoms with Crippen molar-refractivity contribution < 1.29 is 19.8 Å². The van der Waals surface area contributed by atoms with Gasteiger partial charge >= 0.3 is 0 Å². The van der Waals surface area contributed by atoms with Crippen molar-refractivity contribution in [1.29, 1.82) is 0 Å². The molecule has 1 fully saturated rings. The molecule has 2 aromatic heterocycles. The minimum Gasteiger partial charge on any atom is -0.481 e. The molecule has 2 heterocycles. The number of aliphatic carboxylic acids is 2. The first kappa shape index (κ1) is 22.8. The number of hydrogen-bond donors (Lipinski definition) is 3. The molecule has 0 unspecified atom stereocenters. The molecule has 0 aliphatic heterocycles. The Morgan fingerprint density at radius 3 is 2.33 bits per heavy atom. The molecule has 3 aromatic rings. The van der Waals surface area contributed by atoms with E-state index in [0.29, 0.717) is 12.1 Å². The van der Waals surface area contributed by atoms with Crippen molar-refractivity contribution in [2.24, 2.45) is 5.73 Å². The van der Waals surface area contributed by atoms with E-state index in [0.717, 1.165) is 50.2 Å². The molecule has 9 nitrogen and oxygen atoms in total. The Bertz CT molecular complexity index is 932. The maximum Gasteiger partial charge on any atom is 0.300 e. The molecule has 0 bridgehead atoms. The predicted molar refractivity (Wildman–Crippen MR) is 112 cm³/mol. The summed E-state index contributed by atoms with van der Waals surface area (Å²) < 4.78 is 4.14. The van der Waals surface area contributed by atoms with Gasteiger partial charge in [-0.1, -0.05) is 12.1 Å². The highest BCUT2D eigenvalue weighted by atomic mass is 16.4. The molecule has 160 valence electrons. The van der Waals surface area contributed by atoms with Gasteiger partial charge in [0.2, 0.25) is 0 Å². The number of carboxylic acids is 2. The second kappa shape index (κ2) is 10.9. The van der Waals surface area contributed by atoms with E-state index in [1.807, 2.05) is 29.2 Å². The number of nitrogens with zero attached hydrogens (tertiary/aromatic N) is 4. The molecule has 30 heavy (non-hydrogen) atoms. The van der Waals surface area contributed by atoms with E-state index in [9.17, 15) is 0 Å². The summed E-state index contributed by atoms with van der Waals surface area (Å²) in [5, 5.41) is 19.1. The third kappa shape index (κ3) is 6.85. The number of imidazole rings is 1. The Morgan fingerprint density at radius 1 is 1.07 bits per heavy atom. The van der Waals surface area contributed by atoms with Crippen LogP contribution in [0.3, 0.4) is 0 Å². The standard InChI is InChI=1S/C17H19N5.2C2H4O2/c18-14-5-6-15(12-14)21-10-8-19-17(21)13-3-1-4-16(11-13)22-9-2-7-20-22;2*1-2(3)4/h1-4,7-11,14-15H,5-6,12,18H2;2*1H3,(H,3,4)/t14-,15-;;/m1../s1. The molecule has 4 rings (SSSR count). The predicted octanol–water partition coefficient (Wildman–Crippen LogP) is 2.97. The third-order valence-electron chi connectivity index (χ3n) is 4.38. The molecule has 1 aliphatic carbocycles. The lowest BCUT2D eigenvalue weighted by Crippen LogP contribution is -2.16. The molecular formula is C21H27N5O4. The van der Waals surface area contributed by atoms with Crippen molar-refractivity contribution in [2.75, 3.05) is 0 Å². The summed E-state index contributed by atoms with van der Waals surface area (Å²) in [7, 11) is 0. The van der Waals surface area contributed by atoms with Crippen LogP contribution in [0.2, 0.25) is 0 Å². The van der Waals surface area contributed by atoms with E-state index in [4.69, 9.17) is 25.5 Å². The number of carbonyl (C=O) groups is 2. The Morgan fingerprint density at radius 2 is 1.77 bits per heavy atom. The number of aromatic nitrogens is 4. The van der Waals surface area contributed by atoms with Gasteiger partial charge in [0.1, 0.15) is 5.82 Å². The fourth-order valence-corrected chi connectivity index (χ4v) is 3.28. The second-order valence-corrected chi connectivity index (χ2v) is 6.92. The quantitative estimate of drug-likeness (QED) is 0.600. The molecule has 4 N–H and O–H groups in total. The number of carboxylic acid groups (broad SMARTS) is 2. The number of nitrogens with two attached hydrogens (primary N) is 1. The molecule has 0 spiro atoms. The summed E-state index contributed by atoms with van der Waals surface area (Å²) in [6.07, 6.45) is 10.9. The van der Waals surface area contributed by atoms with Crippen molar-refractivity contribution in [1.82, 2.24) is 19.3 Å². The van der Waals surface area contributed by atoms with Gasteiger partial charge in [0, 0.05) is 56.3 Å². The highest BCUT2D eigenvalue weighted by molar-refractivity contribution is 5.63. The fraction of sp³-hybridized carbons (Fsp3) is 0.333. The van der Waals surface area contributed by atoms with Crippen LogP contribution in [0, 0.1) is 0 Å². The van der Waals surface area contributed by atoms with Gasteiger partial charge in [-0.2, -0.15) is 5.10 Å². The summed E-state index contributed by atoms with van der Waals surface area (Å²) in [6.45, 7) is 2.17. The lowest BCUT2D eigenvalue weighted by Gasteiger charge is -2.15. The summed E-state index contributed by atoms with van der Waals surface area (Å²) in [6, 6.07) is 11.0. The van der Waals surface area contributed by atoms with Gasteiger partial charge in [-0.05, 0) is 37.5 Å². The van der Waals surface area contributed by atoms with E-state index in [2.05, 4.69) is 39.0 Å². The zero-order valence-corrected chi connectivity index (χ0v) is 17.0. The number of rotatable bonds is 3. The zero-order valence-electron chi connectivity index (χ0n) is 17.0. The average Bonchev–Trinajstić information content (AvgIpc) is 3.42. The summed E-state index contributed by atoms with van der Waals surface area (Å²) >= 11 is 0. The van der Waals surface area contributed by atoms with Gasteiger partial charge in [-0.15, -0.1) is 0 Å². The SMILES string of the molecule is CC(=O)O.CC(=O)O.N[C@@H]1CC[C@@H](n2ccnc2-c2cccc(-n3cccn3)c2)C1. The minimum absolute atomic E-state index is 0.315. The molecule has 2 atom stereocenters. The van der Waals surface area contributed by atoms with Gasteiger partial charge in [0.25, 0.3) is 11.9 Å². The van der Waals surface area contributed by atoms with Crippen LogP contribution < -0.4 is 5.73 Å². The van der Waals surface area contributed by atoms with Crippen molar-refractivity contribution >= 4 is 11.9 Å². The molecular weight excluding hydrogens is 386 g/mol. The van der Waals surface area contributed by atoms with E-state index in [1.54, 1.807) is 6.20 Å². The van der Waals surface area contributed by atoms with Crippen LogP contribution in [-0.2, 0) is 9.59 Å². The number of benzene rings is 1. The monoisotopic (exact) mass is 413 g/mol. The van der Waals surface area contributed by atoms with Crippen LogP contribution in [-0.4, -0.2) is 47.5 Å². The Labute approximate surface area is 174 Å². The van der Waals surface area contributed by atoms with E-state index < -0.39 is 11.9 Å². The van der Waals surface area contributed by atoms with Crippen LogP contribution in [0.25, 0.3) is 17.1 Å². The smallest absolute Gasteiger partial charge is 0.300 e. The molecule has 9 heteroatoms. The van der Waals surface area contributed by atoms with Crippen LogP contribution in [0.4, 0.5) is 0 Å². The van der Waals surface area contributed by atoms with Crippen molar-refractivity contribution in [2.45, 2.75) is 45.2 Å². The molecule has 0 amide bonds. The highest BCUT2D eigenvalue weighted by Crippen LogP contribution is 2.32. The topological polar surface area (TPSA) is 136 Å². The van der Waals surface area contributed by atoms with Crippen molar-refractivity contribution in [3.8, 4) is 17.1 Å². The Hall–Kier alpha value is -3.46. The lowest BCUT2D eigenvalue weighted by atomic mass is 10.1. The summed E-state index contributed by atoms with van der Waals surface area (Å²) in [5.41, 5.74) is 8.21. The maximum absolute atomic E-state index is 9.00. The van der Waals surface area contributed by atoms with Gasteiger partial charge in [0.05, 0.1) is 5.69 Å². The van der Waals surface area contributed by atoms with Gasteiger partial charge in [-0.25, -0.2) is 9.67 Å². The minimum atomic E-state index is -0.833. The van der Waals surface area contributed by atoms with Crippen LogP contribution in [0.5, 0.6) is 0 Å². The van der Waals surface area contributed by atoms with E-state index >= 15 is 0 Å².